The van der Waals surface area contributed by atoms with Crippen molar-refractivity contribution in [3.63, 3.8) is 0 Å². The molecule has 1 aromatic carbocycles. The van der Waals surface area contributed by atoms with E-state index in [1.165, 1.54) is 0 Å². The molecule has 0 amide bonds. The number of hydrogen-bond acceptors (Lipinski definition) is 3. The fourth-order valence-electron chi connectivity index (χ4n) is 2.44. The molecule has 0 fully saturated rings. The van der Waals surface area contributed by atoms with E-state index in [0.29, 0.717) is 20.9 Å². The second kappa shape index (κ2) is 4.76. The molecule has 2 aromatic rings. The first-order valence-electron chi connectivity index (χ1n) is 5.81. The lowest BCUT2D eigenvalue weighted by molar-refractivity contribution is 0.0908. The van der Waals surface area contributed by atoms with Crippen molar-refractivity contribution in [1.29, 1.82) is 0 Å². The first-order chi connectivity index (χ1) is 9.09. The Morgan fingerprint density at radius 3 is 2.89 bits per heavy atom. The molecule has 1 heterocycles. The molecule has 98 valence electrons. The van der Waals surface area contributed by atoms with E-state index in [2.05, 4.69) is 36.8 Å². The Kier molecular flexibility index (Phi) is 3.22. The van der Waals surface area contributed by atoms with Gasteiger partial charge in [-0.25, -0.2) is 4.98 Å². The molecule has 6 heteroatoms. The van der Waals surface area contributed by atoms with Gasteiger partial charge in [0.25, 0.3) is 0 Å². The highest BCUT2D eigenvalue weighted by atomic mass is 79.9. The summed E-state index contributed by atoms with van der Waals surface area (Å²) in [6.07, 6.45) is 6.59. The van der Waals surface area contributed by atoms with Crippen LogP contribution in [0.2, 0.25) is 0 Å². The molecule has 0 aliphatic heterocycles. The Morgan fingerprint density at radius 2 is 2.21 bits per heavy atom. The molecule has 0 saturated carbocycles. The van der Waals surface area contributed by atoms with Gasteiger partial charge in [-0.3, -0.25) is 4.79 Å². The number of phenolic OH excluding ortho intramolecular Hbond substituents is 1. The number of Topliss-reactive ketones (excluding diaryl/α,β-unsaturated/α-hetero) is 1. The van der Waals surface area contributed by atoms with Gasteiger partial charge in [-0.15, -0.1) is 0 Å². The predicted molar refractivity (Wildman–Crippen MR) is 77.4 cm³/mol. The SMILES string of the molecule is O=C1c2cc(Br)c(O)c(Br)c2CCC1n1ccnc1. The maximum absolute atomic E-state index is 12.6. The topological polar surface area (TPSA) is 55.1 Å². The zero-order valence-corrected chi connectivity index (χ0v) is 13.0. The molecular weight excluding hydrogens is 376 g/mol. The number of fused-ring (bicyclic) bond motifs is 1. The fraction of sp³-hybridized carbons (Fsp3) is 0.231. The van der Waals surface area contributed by atoms with Gasteiger partial charge in [-0.2, -0.15) is 0 Å². The number of hydrogen-bond donors (Lipinski definition) is 1. The van der Waals surface area contributed by atoms with Gasteiger partial charge in [0, 0.05) is 18.0 Å². The van der Waals surface area contributed by atoms with Gasteiger partial charge >= 0.3 is 0 Å². The number of phenols is 1. The summed E-state index contributed by atoms with van der Waals surface area (Å²) in [6.45, 7) is 0. The highest BCUT2D eigenvalue weighted by molar-refractivity contribution is 9.11. The van der Waals surface area contributed by atoms with Crippen molar-refractivity contribution in [2.24, 2.45) is 0 Å². The molecule has 1 atom stereocenters. The Labute approximate surface area is 126 Å². The Balaban J connectivity index is 2.10. The molecule has 4 nitrogen and oxygen atoms in total. The van der Waals surface area contributed by atoms with Crippen LogP contribution >= 0.6 is 31.9 Å². The highest BCUT2D eigenvalue weighted by Gasteiger charge is 2.31. The summed E-state index contributed by atoms with van der Waals surface area (Å²) in [5, 5.41) is 9.88. The molecular formula is C13H10Br2N2O2. The molecule has 3 rings (SSSR count). The average molecular weight is 386 g/mol. The van der Waals surface area contributed by atoms with Gasteiger partial charge in [0.2, 0.25) is 0 Å². The zero-order valence-electron chi connectivity index (χ0n) is 9.81. The quantitative estimate of drug-likeness (QED) is 0.817. The van der Waals surface area contributed by atoms with Crippen LogP contribution in [0, 0.1) is 0 Å². The number of carbonyl (C=O) groups is 1. The lowest BCUT2D eigenvalue weighted by Crippen LogP contribution is -2.25. The molecule has 0 spiro atoms. The van der Waals surface area contributed by atoms with Crippen LogP contribution in [0.15, 0.2) is 33.7 Å². The molecule has 1 unspecified atom stereocenters. The molecule has 0 bridgehead atoms. The van der Waals surface area contributed by atoms with Crippen LogP contribution in [0.1, 0.15) is 28.4 Å². The van der Waals surface area contributed by atoms with E-state index in [9.17, 15) is 9.90 Å². The number of benzene rings is 1. The number of nitrogens with zero attached hydrogens (tertiary/aromatic N) is 2. The van der Waals surface area contributed by atoms with Crippen molar-refractivity contribution < 1.29 is 9.90 Å². The minimum Gasteiger partial charge on any atom is -0.506 e. The molecule has 1 N–H and O–H groups in total. The molecule has 1 aliphatic carbocycles. The Hall–Kier alpha value is -1.14. The molecule has 19 heavy (non-hydrogen) atoms. The third-order valence-corrected chi connectivity index (χ3v) is 4.87. The van der Waals surface area contributed by atoms with Crippen molar-refractivity contribution in [2.45, 2.75) is 18.9 Å². The minimum atomic E-state index is -0.210. The summed E-state index contributed by atoms with van der Waals surface area (Å²) < 4.78 is 2.96. The van der Waals surface area contributed by atoms with Crippen LogP contribution in [-0.2, 0) is 6.42 Å². The fourth-order valence-corrected chi connectivity index (χ4v) is 3.76. The van der Waals surface area contributed by atoms with E-state index < -0.39 is 0 Å². The van der Waals surface area contributed by atoms with Crippen molar-refractivity contribution in [2.75, 3.05) is 0 Å². The van der Waals surface area contributed by atoms with Crippen molar-refractivity contribution in [1.82, 2.24) is 9.55 Å². The van der Waals surface area contributed by atoms with E-state index in [1.54, 1.807) is 24.8 Å². The molecule has 1 aliphatic rings. The van der Waals surface area contributed by atoms with Crippen molar-refractivity contribution in [3.8, 4) is 5.75 Å². The number of aromatic nitrogens is 2. The Bertz CT molecular complexity index is 653. The zero-order chi connectivity index (χ0) is 13.6. The summed E-state index contributed by atoms with van der Waals surface area (Å²) in [5.41, 5.74) is 1.53. The maximum atomic E-state index is 12.6. The van der Waals surface area contributed by atoms with Gasteiger partial charge in [0.1, 0.15) is 5.75 Å². The van der Waals surface area contributed by atoms with Crippen molar-refractivity contribution >= 4 is 37.6 Å². The van der Waals surface area contributed by atoms with E-state index in [1.807, 2.05) is 4.57 Å². The normalized spacial score (nSPS) is 18.4. The van der Waals surface area contributed by atoms with Crippen LogP contribution < -0.4 is 0 Å². The molecule has 0 saturated heterocycles. The van der Waals surface area contributed by atoms with Gasteiger partial charge in [0.05, 0.1) is 21.3 Å². The smallest absolute Gasteiger partial charge is 0.185 e. The number of aromatic hydroxyl groups is 1. The predicted octanol–water partition coefficient (Wildman–Crippen LogP) is 3.48. The van der Waals surface area contributed by atoms with Crippen LogP contribution in [0.5, 0.6) is 5.75 Å². The van der Waals surface area contributed by atoms with E-state index >= 15 is 0 Å². The van der Waals surface area contributed by atoms with Gasteiger partial charge in [0.15, 0.2) is 5.78 Å². The summed E-state index contributed by atoms with van der Waals surface area (Å²) in [4.78, 5) is 16.5. The lowest BCUT2D eigenvalue weighted by atomic mass is 9.87. The number of halogens is 2. The van der Waals surface area contributed by atoms with Crippen LogP contribution in [-0.4, -0.2) is 20.4 Å². The number of ketones is 1. The molecule has 0 radical (unpaired) electrons. The minimum absolute atomic E-state index is 0.0562. The third-order valence-electron chi connectivity index (χ3n) is 3.42. The highest BCUT2D eigenvalue weighted by Crippen LogP contribution is 2.41. The van der Waals surface area contributed by atoms with E-state index in [-0.39, 0.29) is 17.6 Å². The Morgan fingerprint density at radius 1 is 1.42 bits per heavy atom. The number of rotatable bonds is 1. The average Bonchev–Trinajstić information content (AvgIpc) is 2.91. The summed E-state index contributed by atoms with van der Waals surface area (Å²) in [6, 6.07) is 1.49. The van der Waals surface area contributed by atoms with Gasteiger partial charge in [-0.05, 0) is 56.3 Å². The first kappa shape index (κ1) is 12.9. The second-order valence-corrected chi connectivity index (χ2v) is 6.12. The largest absolute Gasteiger partial charge is 0.506 e. The van der Waals surface area contributed by atoms with Crippen LogP contribution in [0.4, 0.5) is 0 Å². The third kappa shape index (κ3) is 2.03. The van der Waals surface area contributed by atoms with E-state index in [4.69, 9.17) is 0 Å². The van der Waals surface area contributed by atoms with Crippen LogP contribution in [0.25, 0.3) is 0 Å². The van der Waals surface area contributed by atoms with Gasteiger partial charge in [-0.1, -0.05) is 0 Å². The standard InChI is InChI=1S/C13H10Br2N2O2/c14-9-5-8-7(11(15)13(9)19)1-2-10(12(8)18)17-4-3-16-6-17/h3-6,10,19H,1-2H2. The number of carbonyl (C=O) groups excluding carboxylic acids is 1. The molecule has 1 aromatic heterocycles. The van der Waals surface area contributed by atoms with E-state index in [0.717, 1.165) is 12.0 Å². The second-order valence-electron chi connectivity index (χ2n) is 4.48. The monoisotopic (exact) mass is 384 g/mol. The van der Waals surface area contributed by atoms with Gasteiger partial charge < -0.3 is 9.67 Å². The summed E-state index contributed by atoms with van der Waals surface area (Å²) in [7, 11) is 0. The van der Waals surface area contributed by atoms with Crippen molar-refractivity contribution in [3.05, 3.63) is 44.9 Å². The van der Waals surface area contributed by atoms with Crippen LogP contribution in [0.3, 0.4) is 0 Å². The summed E-state index contributed by atoms with van der Waals surface area (Å²) >= 11 is 6.63. The summed E-state index contributed by atoms with van der Waals surface area (Å²) in [5.74, 6) is 0.202. The maximum Gasteiger partial charge on any atom is 0.185 e. The number of imidazole rings is 1. The first-order valence-corrected chi connectivity index (χ1v) is 7.39. The lowest BCUT2D eigenvalue weighted by Gasteiger charge is -2.25.